The minimum Gasteiger partial charge on any atom is -0.466 e. The van der Waals surface area contributed by atoms with E-state index in [4.69, 9.17) is 4.74 Å². The van der Waals surface area contributed by atoms with Gasteiger partial charge in [-0.3, -0.25) is 4.79 Å². The van der Waals surface area contributed by atoms with E-state index in [1.807, 2.05) is 19.1 Å². The lowest BCUT2D eigenvalue weighted by molar-refractivity contribution is -0.137. The first-order valence-corrected chi connectivity index (χ1v) is 6.09. The third-order valence-corrected chi connectivity index (χ3v) is 3.03. The lowest BCUT2D eigenvalue weighted by Crippen LogP contribution is -2.35. The summed E-state index contributed by atoms with van der Waals surface area (Å²) in [5.74, 6) is -0.780. The minimum absolute atomic E-state index is 0.0958. The van der Waals surface area contributed by atoms with E-state index in [1.165, 1.54) is 7.11 Å². The third kappa shape index (κ3) is 3.44. The SMILES string of the molecule is C=C/C=C\C(=C/C)C1CC(=O)NC(C)=C1C(=O)OC. The quantitative estimate of drug-likeness (QED) is 0.624. The predicted octanol–water partition coefficient (Wildman–Crippen LogP) is 2.26. The van der Waals surface area contributed by atoms with Crippen LogP contribution in [0.1, 0.15) is 20.3 Å². The number of allylic oxidation sites excluding steroid dienone is 6. The maximum absolute atomic E-state index is 11.9. The van der Waals surface area contributed by atoms with E-state index >= 15 is 0 Å². The maximum atomic E-state index is 11.9. The van der Waals surface area contributed by atoms with Gasteiger partial charge in [0.15, 0.2) is 0 Å². The lowest BCUT2D eigenvalue weighted by Gasteiger charge is -2.26. The van der Waals surface area contributed by atoms with Gasteiger partial charge in [-0.15, -0.1) is 0 Å². The van der Waals surface area contributed by atoms with Gasteiger partial charge in [-0.05, 0) is 19.4 Å². The van der Waals surface area contributed by atoms with Crippen molar-refractivity contribution in [2.24, 2.45) is 5.92 Å². The first-order valence-electron chi connectivity index (χ1n) is 6.09. The fraction of sp³-hybridized carbons (Fsp3) is 0.333. The average Bonchev–Trinajstić information content (AvgIpc) is 2.38. The zero-order valence-corrected chi connectivity index (χ0v) is 11.5. The Morgan fingerprint density at radius 2 is 2.21 bits per heavy atom. The van der Waals surface area contributed by atoms with Gasteiger partial charge < -0.3 is 10.1 Å². The molecule has 1 rings (SSSR count). The van der Waals surface area contributed by atoms with E-state index in [1.54, 1.807) is 19.1 Å². The number of esters is 1. The molecule has 1 amide bonds. The van der Waals surface area contributed by atoms with Crippen molar-refractivity contribution in [3.63, 3.8) is 0 Å². The third-order valence-electron chi connectivity index (χ3n) is 3.03. The van der Waals surface area contributed by atoms with Crippen LogP contribution in [0.25, 0.3) is 0 Å². The van der Waals surface area contributed by atoms with Crippen molar-refractivity contribution in [3.05, 3.63) is 47.7 Å². The largest absolute Gasteiger partial charge is 0.466 e. The number of amides is 1. The van der Waals surface area contributed by atoms with Crippen LogP contribution in [0.5, 0.6) is 0 Å². The van der Waals surface area contributed by atoms with Crippen LogP contribution >= 0.6 is 0 Å². The molecule has 0 aromatic carbocycles. The molecule has 19 heavy (non-hydrogen) atoms. The molecule has 4 heteroatoms. The Bertz CT molecular complexity index is 484. The van der Waals surface area contributed by atoms with Gasteiger partial charge in [0.1, 0.15) is 0 Å². The number of carbonyl (C=O) groups is 2. The molecule has 1 aliphatic heterocycles. The zero-order valence-electron chi connectivity index (χ0n) is 11.5. The number of carbonyl (C=O) groups excluding carboxylic acids is 2. The van der Waals surface area contributed by atoms with Crippen LogP contribution < -0.4 is 5.32 Å². The maximum Gasteiger partial charge on any atom is 0.336 e. The number of hydrogen-bond acceptors (Lipinski definition) is 3. The van der Waals surface area contributed by atoms with Crippen LogP contribution in [0.2, 0.25) is 0 Å². The van der Waals surface area contributed by atoms with Crippen molar-refractivity contribution in [2.75, 3.05) is 7.11 Å². The highest BCUT2D eigenvalue weighted by Gasteiger charge is 2.32. The van der Waals surface area contributed by atoms with Gasteiger partial charge >= 0.3 is 5.97 Å². The molecule has 1 unspecified atom stereocenters. The molecule has 4 nitrogen and oxygen atoms in total. The minimum atomic E-state index is -0.408. The molecule has 0 saturated heterocycles. The van der Waals surface area contributed by atoms with Crippen molar-refractivity contribution in [2.45, 2.75) is 20.3 Å². The van der Waals surface area contributed by atoms with Crippen LogP contribution in [-0.2, 0) is 14.3 Å². The molecule has 0 saturated carbocycles. The Labute approximate surface area is 113 Å². The van der Waals surface area contributed by atoms with Gasteiger partial charge in [0.05, 0.1) is 12.7 Å². The van der Waals surface area contributed by atoms with Crippen LogP contribution in [0.3, 0.4) is 0 Å². The molecular formula is C15H19NO3. The highest BCUT2D eigenvalue weighted by atomic mass is 16.5. The van der Waals surface area contributed by atoms with E-state index in [0.717, 1.165) is 5.57 Å². The molecule has 0 radical (unpaired) electrons. The summed E-state index contributed by atoms with van der Waals surface area (Å²) in [4.78, 5) is 23.6. The summed E-state index contributed by atoms with van der Waals surface area (Å²) in [6, 6.07) is 0. The van der Waals surface area contributed by atoms with Crippen molar-refractivity contribution < 1.29 is 14.3 Å². The molecule has 0 aliphatic carbocycles. The van der Waals surface area contributed by atoms with E-state index in [-0.39, 0.29) is 18.2 Å². The highest BCUT2D eigenvalue weighted by molar-refractivity contribution is 5.95. The monoisotopic (exact) mass is 261 g/mol. The second-order valence-corrected chi connectivity index (χ2v) is 4.22. The summed E-state index contributed by atoms with van der Waals surface area (Å²) in [6.07, 6.45) is 7.42. The van der Waals surface area contributed by atoms with E-state index in [9.17, 15) is 9.59 Å². The van der Waals surface area contributed by atoms with Gasteiger partial charge in [0, 0.05) is 18.0 Å². The number of ether oxygens (including phenoxy) is 1. The van der Waals surface area contributed by atoms with Crippen molar-refractivity contribution in [3.8, 4) is 0 Å². The highest BCUT2D eigenvalue weighted by Crippen LogP contribution is 2.31. The predicted molar refractivity (Wildman–Crippen MR) is 74.1 cm³/mol. The van der Waals surface area contributed by atoms with Crippen LogP contribution in [-0.4, -0.2) is 19.0 Å². The second kappa shape index (κ2) is 6.73. The van der Waals surface area contributed by atoms with Crippen LogP contribution in [0.4, 0.5) is 0 Å². The molecule has 0 spiro atoms. The Balaban J connectivity index is 3.24. The molecule has 1 N–H and O–H groups in total. The first kappa shape index (κ1) is 15.0. The number of hydrogen-bond donors (Lipinski definition) is 1. The Kier molecular flexibility index (Phi) is 5.30. The number of methoxy groups -OCH3 is 1. The molecule has 1 atom stereocenters. The van der Waals surface area contributed by atoms with E-state index < -0.39 is 5.97 Å². The Morgan fingerprint density at radius 3 is 2.74 bits per heavy atom. The molecule has 102 valence electrons. The first-order chi connectivity index (χ1) is 9.04. The number of nitrogens with one attached hydrogen (secondary N) is 1. The fourth-order valence-corrected chi connectivity index (χ4v) is 2.16. The lowest BCUT2D eigenvalue weighted by atomic mass is 9.83. The summed E-state index contributed by atoms with van der Waals surface area (Å²) in [6.45, 7) is 7.20. The van der Waals surface area contributed by atoms with Crippen molar-refractivity contribution in [1.29, 1.82) is 0 Å². The topological polar surface area (TPSA) is 55.4 Å². The summed E-state index contributed by atoms with van der Waals surface area (Å²) < 4.78 is 4.81. The standard InChI is InChI=1S/C15H19NO3/c1-5-7-8-11(6-2)12-9-13(17)16-10(3)14(12)15(18)19-4/h5-8,12H,1,9H2,2-4H3,(H,16,17)/b8-7-,11-6+. The zero-order chi connectivity index (χ0) is 14.4. The van der Waals surface area contributed by atoms with Crippen molar-refractivity contribution >= 4 is 11.9 Å². The Hall–Kier alpha value is -2.10. The molecule has 0 fully saturated rings. The molecule has 1 heterocycles. The molecule has 0 aromatic heterocycles. The summed E-state index contributed by atoms with van der Waals surface area (Å²) in [5.41, 5.74) is 1.96. The number of rotatable bonds is 4. The average molecular weight is 261 g/mol. The fourth-order valence-electron chi connectivity index (χ4n) is 2.16. The summed E-state index contributed by atoms with van der Waals surface area (Å²) in [7, 11) is 1.34. The van der Waals surface area contributed by atoms with Crippen molar-refractivity contribution in [1.82, 2.24) is 5.32 Å². The second-order valence-electron chi connectivity index (χ2n) is 4.22. The molecule has 0 bridgehead atoms. The van der Waals surface area contributed by atoms with E-state index in [2.05, 4.69) is 11.9 Å². The molecule has 0 aromatic rings. The van der Waals surface area contributed by atoms with Gasteiger partial charge in [0.2, 0.25) is 5.91 Å². The molecule has 1 aliphatic rings. The Morgan fingerprint density at radius 1 is 1.53 bits per heavy atom. The smallest absolute Gasteiger partial charge is 0.336 e. The van der Waals surface area contributed by atoms with Gasteiger partial charge in [0.25, 0.3) is 0 Å². The summed E-state index contributed by atoms with van der Waals surface area (Å²) in [5, 5.41) is 2.68. The molecular weight excluding hydrogens is 242 g/mol. The normalized spacial score (nSPS) is 20.5. The van der Waals surface area contributed by atoms with Gasteiger partial charge in [-0.2, -0.15) is 0 Å². The van der Waals surface area contributed by atoms with Crippen LogP contribution in [0, 0.1) is 5.92 Å². The van der Waals surface area contributed by atoms with E-state index in [0.29, 0.717) is 11.3 Å². The summed E-state index contributed by atoms with van der Waals surface area (Å²) >= 11 is 0. The van der Waals surface area contributed by atoms with Crippen LogP contribution in [0.15, 0.2) is 47.7 Å². The van der Waals surface area contributed by atoms with Gasteiger partial charge in [-0.25, -0.2) is 4.79 Å². The van der Waals surface area contributed by atoms with Gasteiger partial charge in [-0.1, -0.05) is 30.9 Å².